The molecule has 1 fully saturated rings. The predicted molar refractivity (Wildman–Crippen MR) is 157 cm³/mol. The zero-order valence-corrected chi connectivity index (χ0v) is 24.9. The van der Waals surface area contributed by atoms with Crippen LogP contribution in [0.2, 0.25) is 10.0 Å². The first-order valence-electron chi connectivity index (χ1n) is 13.1. The van der Waals surface area contributed by atoms with Gasteiger partial charge in [-0.2, -0.15) is 0 Å². The molecule has 2 atom stereocenters. The highest BCUT2D eigenvalue weighted by Crippen LogP contribution is 2.56. The average Bonchev–Trinajstić information content (AvgIpc) is 3.34. The molecule has 2 aromatic rings. The van der Waals surface area contributed by atoms with Gasteiger partial charge in [-0.15, -0.1) is 0 Å². The molecule has 7 nitrogen and oxygen atoms in total. The molecule has 0 aliphatic carbocycles. The van der Waals surface area contributed by atoms with Crippen LogP contribution in [0.15, 0.2) is 64.1 Å². The molecule has 1 saturated heterocycles. The highest BCUT2D eigenvalue weighted by Gasteiger charge is 2.54. The molecule has 0 radical (unpaired) electrons. The number of benzene rings is 2. The van der Waals surface area contributed by atoms with Gasteiger partial charge in [-0.25, -0.2) is 9.79 Å². The normalized spacial score (nSPS) is 22.9. The molecule has 2 amide bonds. The van der Waals surface area contributed by atoms with E-state index in [0.717, 1.165) is 22.0 Å². The summed E-state index contributed by atoms with van der Waals surface area (Å²) >= 11 is 13.9. The minimum absolute atomic E-state index is 0.0393. The molecule has 0 saturated carbocycles. The van der Waals surface area contributed by atoms with Crippen LogP contribution in [0, 0.1) is 5.92 Å². The van der Waals surface area contributed by atoms with Gasteiger partial charge in [0.1, 0.15) is 10.4 Å². The minimum atomic E-state index is -0.956. The monoisotopic (exact) mass is 586 g/mol. The molecule has 206 valence electrons. The number of amides is 2. The number of carboxylic acid groups (broad SMARTS) is 1. The van der Waals surface area contributed by atoms with E-state index in [0.29, 0.717) is 28.0 Å². The van der Waals surface area contributed by atoms with E-state index in [4.69, 9.17) is 28.2 Å². The number of thioether (sulfide) groups is 1. The summed E-state index contributed by atoms with van der Waals surface area (Å²) in [4.78, 5) is 36.9. The zero-order valence-electron chi connectivity index (χ0n) is 22.6. The Morgan fingerprint density at radius 2 is 1.59 bits per heavy atom. The predicted octanol–water partition coefficient (Wildman–Crippen LogP) is 6.84. The lowest BCUT2D eigenvalue weighted by Crippen LogP contribution is -2.63. The Hall–Kier alpha value is -2.68. The number of hydrogen-bond acceptors (Lipinski definition) is 5. The smallest absolute Gasteiger partial charge is 0.407 e. The molecule has 0 spiro atoms. The Labute approximate surface area is 243 Å². The van der Waals surface area contributed by atoms with E-state index in [2.05, 4.69) is 25.7 Å². The fraction of sp³-hybridized carbons (Fsp3) is 0.414. The quantitative estimate of drug-likeness (QED) is 0.401. The Kier molecular flexibility index (Phi) is 7.42. The number of rotatable bonds is 6. The number of carbonyl (C=O) groups is 2. The minimum Gasteiger partial charge on any atom is -0.465 e. The molecule has 3 aliphatic rings. The molecular weight excluding hydrogens is 555 g/mol. The fourth-order valence-corrected chi connectivity index (χ4v) is 7.39. The van der Waals surface area contributed by atoms with Crippen LogP contribution in [0.1, 0.15) is 51.8 Å². The van der Waals surface area contributed by atoms with E-state index in [9.17, 15) is 14.7 Å². The molecule has 0 aromatic heterocycles. The number of carbonyl (C=O) groups excluding carboxylic acids is 1. The van der Waals surface area contributed by atoms with Gasteiger partial charge in [-0.1, -0.05) is 61.3 Å². The van der Waals surface area contributed by atoms with Crippen molar-refractivity contribution in [3.63, 3.8) is 0 Å². The lowest BCUT2D eigenvalue weighted by molar-refractivity contribution is -0.134. The Morgan fingerprint density at radius 1 is 1.03 bits per heavy atom. The molecule has 0 unspecified atom stereocenters. The van der Waals surface area contributed by atoms with Crippen molar-refractivity contribution in [2.45, 2.75) is 58.3 Å². The summed E-state index contributed by atoms with van der Waals surface area (Å²) in [5.41, 5.74) is 2.36. The summed E-state index contributed by atoms with van der Waals surface area (Å²) in [7, 11) is 0. The molecule has 10 heteroatoms. The third-order valence-electron chi connectivity index (χ3n) is 7.68. The van der Waals surface area contributed by atoms with E-state index in [-0.39, 0.29) is 30.0 Å². The first-order valence-corrected chi connectivity index (χ1v) is 14.6. The van der Waals surface area contributed by atoms with Crippen molar-refractivity contribution < 1.29 is 14.7 Å². The van der Waals surface area contributed by atoms with Crippen LogP contribution in [-0.2, 0) is 10.3 Å². The van der Waals surface area contributed by atoms with Gasteiger partial charge < -0.3 is 19.8 Å². The second kappa shape index (κ2) is 10.4. The third-order valence-corrected chi connectivity index (χ3v) is 9.25. The average molecular weight is 588 g/mol. The van der Waals surface area contributed by atoms with Crippen LogP contribution in [0.3, 0.4) is 0 Å². The van der Waals surface area contributed by atoms with Gasteiger partial charge in [0.15, 0.2) is 5.17 Å². The van der Waals surface area contributed by atoms with Crippen LogP contribution in [-0.4, -0.2) is 62.1 Å². The molecule has 1 N–H and O–H groups in total. The first-order chi connectivity index (χ1) is 18.4. The van der Waals surface area contributed by atoms with Gasteiger partial charge >= 0.3 is 6.09 Å². The van der Waals surface area contributed by atoms with Crippen molar-refractivity contribution in [2.75, 3.05) is 13.1 Å². The number of nitrogens with zero attached hydrogens (tertiary/aromatic N) is 4. The lowest BCUT2D eigenvalue weighted by Gasteiger charge is -2.46. The van der Waals surface area contributed by atoms with Crippen molar-refractivity contribution in [3.8, 4) is 0 Å². The summed E-state index contributed by atoms with van der Waals surface area (Å²) in [5.74, 6) is -0.0358. The van der Waals surface area contributed by atoms with E-state index in [1.807, 2.05) is 67.3 Å². The van der Waals surface area contributed by atoms with Crippen LogP contribution in [0.4, 0.5) is 4.79 Å². The van der Waals surface area contributed by atoms with E-state index in [1.54, 1.807) is 0 Å². The number of fused-ring (bicyclic) bond motifs is 1. The van der Waals surface area contributed by atoms with Crippen molar-refractivity contribution in [1.29, 1.82) is 0 Å². The standard InChI is InChI=1S/C29H32Cl2N4O3S/c1-16(2)23-24(26(36)34(17(3)4)22-14-33(15-22)28(37)38)39-27-32-29(5,19-8-12-21(31)13-9-19)25(35(23)27)18-6-10-20(30)11-7-18/h6-13,16-17,22,25H,14-15H2,1-5H3,(H,37,38)/t25-,29+/m1/s1. The van der Waals surface area contributed by atoms with E-state index >= 15 is 0 Å². The highest BCUT2D eigenvalue weighted by atomic mass is 35.5. The summed E-state index contributed by atoms with van der Waals surface area (Å²) in [5, 5.41) is 11.4. The molecule has 3 heterocycles. The van der Waals surface area contributed by atoms with E-state index < -0.39 is 11.6 Å². The Bertz CT molecular complexity index is 1350. The number of likely N-dealkylation sites (tertiary alicyclic amines) is 1. The number of allylic oxidation sites excluding steroid dienone is 1. The van der Waals surface area contributed by atoms with Crippen LogP contribution >= 0.6 is 35.0 Å². The van der Waals surface area contributed by atoms with Crippen molar-refractivity contribution in [1.82, 2.24) is 14.7 Å². The SMILES string of the molecule is CC(C)C1=C(C(=O)N(C(C)C)C2CN(C(=O)O)C2)SC2=N[C@@](C)(c3ccc(Cl)cc3)[C@@H](c3ccc(Cl)cc3)N21. The van der Waals surface area contributed by atoms with Gasteiger partial charge in [0, 0.05) is 34.9 Å². The molecule has 39 heavy (non-hydrogen) atoms. The maximum atomic E-state index is 14.2. The summed E-state index contributed by atoms with van der Waals surface area (Å²) < 4.78 is 0. The molecular formula is C29H32Cl2N4O3S. The van der Waals surface area contributed by atoms with Gasteiger partial charge in [0.05, 0.1) is 12.1 Å². The summed E-state index contributed by atoms with van der Waals surface area (Å²) in [6, 6.07) is 15.2. The second-order valence-corrected chi connectivity index (χ2v) is 12.8. The van der Waals surface area contributed by atoms with Crippen LogP contribution in [0.5, 0.6) is 0 Å². The van der Waals surface area contributed by atoms with Crippen molar-refractivity contribution in [3.05, 3.63) is 80.3 Å². The Morgan fingerprint density at radius 3 is 2.10 bits per heavy atom. The first kappa shape index (κ1) is 27.9. The van der Waals surface area contributed by atoms with Gasteiger partial charge in [0.25, 0.3) is 5.91 Å². The maximum absolute atomic E-state index is 14.2. The fourth-order valence-electron chi connectivity index (χ4n) is 5.79. The van der Waals surface area contributed by atoms with Crippen LogP contribution < -0.4 is 0 Å². The molecule has 0 bridgehead atoms. The lowest BCUT2D eigenvalue weighted by atomic mass is 9.81. The largest absolute Gasteiger partial charge is 0.465 e. The highest BCUT2D eigenvalue weighted by molar-refractivity contribution is 8.18. The van der Waals surface area contributed by atoms with Crippen LogP contribution in [0.25, 0.3) is 0 Å². The molecule has 3 aliphatic heterocycles. The van der Waals surface area contributed by atoms with Crippen molar-refractivity contribution >= 4 is 52.1 Å². The second-order valence-electron chi connectivity index (χ2n) is 11.0. The van der Waals surface area contributed by atoms with Crippen molar-refractivity contribution in [2.24, 2.45) is 10.9 Å². The van der Waals surface area contributed by atoms with Gasteiger partial charge in [0.2, 0.25) is 0 Å². The topological polar surface area (TPSA) is 76.5 Å². The third kappa shape index (κ3) is 4.81. The number of aliphatic imine (C=N–C) groups is 1. The maximum Gasteiger partial charge on any atom is 0.407 e. The van der Waals surface area contributed by atoms with Gasteiger partial charge in [-0.05, 0) is 73.8 Å². The van der Waals surface area contributed by atoms with E-state index in [1.165, 1.54) is 16.7 Å². The number of amidine groups is 1. The summed E-state index contributed by atoms with van der Waals surface area (Å²) in [6.45, 7) is 10.9. The molecule has 5 rings (SSSR count). The molecule has 2 aromatic carbocycles. The Balaban J connectivity index is 1.59. The zero-order chi connectivity index (χ0) is 28.2. The number of hydrogen-bond donors (Lipinski definition) is 1. The summed E-state index contributed by atoms with van der Waals surface area (Å²) in [6.07, 6.45) is -0.956. The van der Waals surface area contributed by atoms with Gasteiger partial charge in [-0.3, -0.25) is 4.79 Å². The number of halogens is 2.